The summed E-state index contributed by atoms with van der Waals surface area (Å²) in [6.45, 7) is 3.28. The van der Waals surface area contributed by atoms with Gasteiger partial charge in [0.1, 0.15) is 0 Å². The second-order valence-electron chi connectivity index (χ2n) is 4.35. The van der Waals surface area contributed by atoms with Gasteiger partial charge in [0, 0.05) is 20.9 Å². The molecule has 2 aromatic rings. The first kappa shape index (κ1) is 14.0. The second kappa shape index (κ2) is 7.26. The minimum atomic E-state index is 0.429. The number of halogens is 1. The van der Waals surface area contributed by atoms with Crippen LogP contribution in [0.2, 0.25) is 0 Å². The fourth-order valence-corrected chi connectivity index (χ4v) is 3.30. The van der Waals surface area contributed by atoms with E-state index >= 15 is 0 Å². The Morgan fingerprint density at radius 3 is 2.83 bits per heavy atom. The summed E-state index contributed by atoms with van der Waals surface area (Å²) in [7, 11) is 0. The van der Waals surface area contributed by atoms with Crippen molar-refractivity contribution in [1.82, 2.24) is 5.32 Å². The predicted octanol–water partition coefficient (Wildman–Crippen LogP) is 4.64. The minimum absolute atomic E-state index is 0.429. The van der Waals surface area contributed by atoms with Crippen LogP contribution in [-0.2, 0) is 6.42 Å². The molecule has 0 saturated carbocycles. The molecule has 1 N–H and O–H groups in total. The molecule has 0 amide bonds. The predicted molar refractivity (Wildman–Crippen MR) is 88.2 cm³/mol. The third kappa shape index (κ3) is 4.07. The third-order valence-electron chi connectivity index (χ3n) is 2.88. The van der Waals surface area contributed by atoms with Gasteiger partial charge in [-0.05, 0) is 64.7 Å². The Bertz CT molecular complexity index is 467. The zero-order valence-electron chi connectivity index (χ0n) is 10.5. The van der Waals surface area contributed by atoms with Gasteiger partial charge in [0.2, 0.25) is 0 Å². The topological polar surface area (TPSA) is 12.0 Å². The lowest BCUT2D eigenvalue weighted by Crippen LogP contribution is -2.23. The number of rotatable bonds is 6. The zero-order chi connectivity index (χ0) is 12.8. The van der Waals surface area contributed by atoms with Crippen molar-refractivity contribution in [2.75, 3.05) is 6.54 Å². The standard InChI is InChI=1S/C15H18INS/c1-2-8-17-15(11-14-7-4-9-18-14)12-5-3-6-13(16)10-12/h3-7,9-10,15,17H,2,8,11H2,1H3. The summed E-state index contributed by atoms with van der Waals surface area (Å²) < 4.78 is 1.31. The van der Waals surface area contributed by atoms with Gasteiger partial charge in [-0.2, -0.15) is 0 Å². The Hall–Kier alpha value is -0.390. The van der Waals surface area contributed by atoms with Gasteiger partial charge in [0.05, 0.1) is 0 Å². The molecule has 0 fully saturated rings. The number of thiophene rings is 1. The SMILES string of the molecule is CCCNC(Cc1cccs1)c1cccc(I)c1. The molecule has 1 nitrogen and oxygen atoms in total. The Balaban J connectivity index is 2.13. The lowest BCUT2D eigenvalue weighted by atomic mass is 10.0. The van der Waals surface area contributed by atoms with Crippen LogP contribution in [0.5, 0.6) is 0 Å². The fourth-order valence-electron chi connectivity index (χ4n) is 1.98. The highest BCUT2D eigenvalue weighted by atomic mass is 127. The molecule has 18 heavy (non-hydrogen) atoms. The molecule has 2 rings (SSSR count). The van der Waals surface area contributed by atoms with Gasteiger partial charge >= 0.3 is 0 Å². The molecule has 96 valence electrons. The summed E-state index contributed by atoms with van der Waals surface area (Å²) >= 11 is 4.22. The molecule has 1 heterocycles. The van der Waals surface area contributed by atoms with E-state index in [0.29, 0.717) is 6.04 Å². The van der Waals surface area contributed by atoms with Crippen LogP contribution >= 0.6 is 33.9 Å². The molecule has 0 radical (unpaired) electrons. The molecule has 1 unspecified atom stereocenters. The van der Waals surface area contributed by atoms with Gasteiger partial charge < -0.3 is 5.32 Å². The Kier molecular flexibility index (Phi) is 5.66. The van der Waals surface area contributed by atoms with Crippen molar-refractivity contribution in [2.45, 2.75) is 25.8 Å². The monoisotopic (exact) mass is 371 g/mol. The molecule has 0 saturated heterocycles. The molecule has 1 atom stereocenters. The molecule has 1 aromatic heterocycles. The minimum Gasteiger partial charge on any atom is -0.310 e. The maximum Gasteiger partial charge on any atom is 0.0369 e. The van der Waals surface area contributed by atoms with Crippen molar-refractivity contribution in [3.8, 4) is 0 Å². The van der Waals surface area contributed by atoms with E-state index < -0.39 is 0 Å². The maximum absolute atomic E-state index is 3.65. The lowest BCUT2D eigenvalue weighted by Gasteiger charge is -2.18. The van der Waals surface area contributed by atoms with Gasteiger partial charge in [-0.1, -0.05) is 25.1 Å². The summed E-state index contributed by atoms with van der Waals surface area (Å²) in [6, 6.07) is 13.6. The Morgan fingerprint density at radius 2 is 2.17 bits per heavy atom. The van der Waals surface area contributed by atoms with Crippen LogP contribution < -0.4 is 5.32 Å². The number of hydrogen-bond donors (Lipinski definition) is 1. The van der Waals surface area contributed by atoms with Gasteiger partial charge in [0.15, 0.2) is 0 Å². The highest BCUT2D eigenvalue weighted by Crippen LogP contribution is 2.22. The van der Waals surface area contributed by atoms with Crippen LogP contribution in [0.15, 0.2) is 41.8 Å². The van der Waals surface area contributed by atoms with Crippen LogP contribution in [0.4, 0.5) is 0 Å². The quantitative estimate of drug-likeness (QED) is 0.730. The van der Waals surface area contributed by atoms with E-state index in [4.69, 9.17) is 0 Å². The normalized spacial score (nSPS) is 12.6. The lowest BCUT2D eigenvalue weighted by molar-refractivity contribution is 0.532. The van der Waals surface area contributed by atoms with E-state index in [1.165, 1.54) is 20.4 Å². The number of nitrogens with one attached hydrogen (secondary N) is 1. The first-order valence-electron chi connectivity index (χ1n) is 6.31. The Labute approximate surface area is 127 Å². The summed E-state index contributed by atoms with van der Waals surface area (Å²) in [4.78, 5) is 1.45. The van der Waals surface area contributed by atoms with Crippen molar-refractivity contribution in [2.24, 2.45) is 0 Å². The van der Waals surface area contributed by atoms with Crippen molar-refractivity contribution in [3.05, 3.63) is 55.8 Å². The van der Waals surface area contributed by atoms with E-state index in [1.807, 2.05) is 11.3 Å². The second-order valence-corrected chi connectivity index (χ2v) is 6.62. The van der Waals surface area contributed by atoms with Crippen molar-refractivity contribution in [1.29, 1.82) is 0 Å². The van der Waals surface area contributed by atoms with E-state index in [2.05, 4.69) is 76.6 Å². The summed E-state index contributed by atoms with van der Waals surface area (Å²) in [5, 5.41) is 5.81. The Morgan fingerprint density at radius 1 is 1.28 bits per heavy atom. The molecular formula is C15H18INS. The van der Waals surface area contributed by atoms with Gasteiger partial charge in [-0.15, -0.1) is 11.3 Å². The highest BCUT2D eigenvalue weighted by molar-refractivity contribution is 14.1. The van der Waals surface area contributed by atoms with Gasteiger partial charge in [0.25, 0.3) is 0 Å². The summed E-state index contributed by atoms with van der Waals surface area (Å²) in [5.41, 5.74) is 1.39. The molecule has 0 bridgehead atoms. The van der Waals surface area contributed by atoms with Crippen LogP contribution in [0.3, 0.4) is 0 Å². The van der Waals surface area contributed by atoms with Gasteiger partial charge in [-0.3, -0.25) is 0 Å². The molecule has 0 spiro atoms. The average Bonchev–Trinajstić information content (AvgIpc) is 2.87. The van der Waals surface area contributed by atoms with E-state index in [9.17, 15) is 0 Å². The van der Waals surface area contributed by atoms with Crippen LogP contribution in [0, 0.1) is 3.57 Å². The molecule has 0 aliphatic carbocycles. The van der Waals surface area contributed by atoms with Crippen molar-refractivity contribution >= 4 is 33.9 Å². The molecule has 1 aromatic carbocycles. The molecular weight excluding hydrogens is 353 g/mol. The summed E-state index contributed by atoms with van der Waals surface area (Å²) in [5.74, 6) is 0. The van der Waals surface area contributed by atoms with Crippen LogP contribution in [0.25, 0.3) is 0 Å². The van der Waals surface area contributed by atoms with E-state index in [-0.39, 0.29) is 0 Å². The first-order chi connectivity index (χ1) is 8.79. The maximum atomic E-state index is 3.65. The van der Waals surface area contributed by atoms with E-state index in [0.717, 1.165) is 13.0 Å². The van der Waals surface area contributed by atoms with Crippen molar-refractivity contribution in [3.63, 3.8) is 0 Å². The highest BCUT2D eigenvalue weighted by Gasteiger charge is 2.12. The number of benzene rings is 1. The average molecular weight is 371 g/mol. The third-order valence-corrected chi connectivity index (χ3v) is 4.45. The fraction of sp³-hybridized carbons (Fsp3) is 0.333. The summed E-state index contributed by atoms with van der Waals surface area (Å²) in [6.07, 6.45) is 2.25. The van der Waals surface area contributed by atoms with Crippen molar-refractivity contribution < 1.29 is 0 Å². The first-order valence-corrected chi connectivity index (χ1v) is 8.26. The molecule has 0 aliphatic rings. The van der Waals surface area contributed by atoms with Crippen LogP contribution in [-0.4, -0.2) is 6.54 Å². The zero-order valence-corrected chi connectivity index (χ0v) is 13.5. The number of hydrogen-bond acceptors (Lipinski definition) is 2. The van der Waals surface area contributed by atoms with Gasteiger partial charge in [-0.25, -0.2) is 0 Å². The van der Waals surface area contributed by atoms with Crippen LogP contribution in [0.1, 0.15) is 29.8 Å². The molecule has 0 aliphatic heterocycles. The smallest absolute Gasteiger partial charge is 0.0369 e. The largest absolute Gasteiger partial charge is 0.310 e. The van der Waals surface area contributed by atoms with E-state index in [1.54, 1.807) is 0 Å². The molecule has 3 heteroatoms.